The quantitative estimate of drug-likeness (QED) is 0.244. The normalized spacial score (nSPS) is 12.2. The van der Waals surface area contributed by atoms with E-state index in [1.165, 1.54) is 7.05 Å². The first kappa shape index (κ1) is 22.6. The number of carbonyl (C=O) groups is 1. The molecule has 0 unspecified atom stereocenters. The van der Waals surface area contributed by atoms with Crippen molar-refractivity contribution in [1.29, 1.82) is 0 Å². The third-order valence-corrected chi connectivity index (χ3v) is 3.85. The molecule has 0 saturated carbocycles. The molecule has 1 aliphatic rings. The average molecular weight is 522 g/mol. The summed E-state index contributed by atoms with van der Waals surface area (Å²) in [5, 5.41) is 7.90. The second kappa shape index (κ2) is 10.2. The maximum absolute atomic E-state index is 13.6. The lowest BCUT2D eigenvalue weighted by molar-refractivity contribution is -0.115. The van der Waals surface area contributed by atoms with Gasteiger partial charge in [0.1, 0.15) is 0 Å². The molecule has 11 heteroatoms. The van der Waals surface area contributed by atoms with Crippen molar-refractivity contribution in [2.24, 2.45) is 4.99 Å². The lowest BCUT2D eigenvalue weighted by atomic mass is 10.2. The van der Waals surface area contributed by atoms with Crippen molar-refractivity contribution in [3.05, 3.63) is 53.3 Å². The van der Waals surface area contributed by atoms with Crippen LogP contribution in [0.25, 0.3) is 0 Å². The number of hydrogen-bond acceptors (Lipinski definition) is 4. The Morgan fingerprint density at radius 3 is 2.59 bits per heavy atom. The van der Waals surface area contributed by atoms with Gasteiger partial charge in [0.2, 0.25) is 12.7 Å². The fraction of sp³-hybridized carbons (Fsp3) is 0.222. The SMILES string of the molecule is CN=C(NCC(=O)Nc1ccc(F)c(F)c1F)NCc1ccc2c(c1)OCO2.I. The molecular weight excluding hydrogens is 504 g/mol. The molecule has 2 aromatic carbocycles. The number of carbonyl (C=O) groups excluding carboxylic acids is 1. The summed E-state index contributed by atoms with van der Waals surface area (Å²) in [5.41, 5.74) is 0.453. The molecule has 0 spiro atoms. The monoisotopic (exact) mass is 522 g/mol. The number of guanidine groups is 1. The topological polar surface area (TPSA) is 84.0 Å². The van der Waals surface area contributed by atoms with E-state index in [1.807, 2.05) is 12.1 Å². The maximum Gasteiger partial charge on any atom is 0.243 e. The Morgan fingerprint density at radius 2 is 1.83 bits per heavy atom. The summed E-state index contributed by atoms with van der Waals surface area (Å²) < 4.78 is 50.2. The maximum atomic E-state index is 13.6. The Hall–Kier alpha value is -2.70. The molecule has 0 aromatic heterocycles. The van der Waals surface area contributed by atoms with Gasteiger partial charge in [-0.15, -0.1) is 24.0 Å². The van der Waals surface area contributed by atoms with E-state index in [2.05, 4.69) is 20.9 Å². The molecule has 7 nitrogen and oxygen atoms in total. The lowest BCUT2D eigenvalue weighted by Gasteiger charge is -2.13. The number of nitrogens with zero attached hydrogens (tertiary/aromatic N) is 1. The molecule has 1 heterocycles. The fourth-order valence-electron chi connectivity index (χ4n) is 2.44. The number of amides is 1. The summed E-state index contributed by atoms with van der Waals surface area (Å²) in [7, 11) is 1.52. The van der Waals surface area contributed by atoms with Crippen LogP contribution in [0.1, 0.15) is 5.56 Å². The molecule has 1 amide bonds. The van der Waals surface area contributed by atoms with Gasteiger partial charge in [0, 0.05) is 13.6 Å². The van der Waals surface area contributed by atoms with Crippen LogP contribution in [0.5, 0.6) is 11.5 Å². The first-order valence-electron chi connectivity index (χ1n) is 8.24. The largest absolute Gasteiger partial charge is 0.454 e. The Labute approximate surface area is 181 Å². The minimum atomic E-state index is -1.65. The molecule has 29 heavy (non-hydrogen) atoms. The van der Waals surface area contributed by atoms with Gasteiger partial charge in [0.25, 0.3) is 0 Å². The second-order valence-corrected chi connectivity index (χ2v) is 5.74. The van der Waals surface area contributed by atoms with Crippen molar-refractivity contribution in [2.45, 2.75) is 6.54 Å². The second-order valence-electron chi connectivity index (χ2n) is 5.74. The number of fused-ring (bicyclic) bond motifs is 1. The van der Waals surface area contributed by atoms with E-state index in [-0.39, 0.29) is 37.3 Å². The lowest BCUT2D eigenvalue weighted by Crippen LogP contribution is -2.41. The van der Waals surface area contributed by atoms with Crippen molar-refractivity contribution >= 4 is 41.5 Å². The minimum Gasteiger partial charge on any atom is -0.454 e. The minimum absolute atomic E-state index is 0. The van der Waals surface area contributed by atoms with E-state index < -0.39 is 29.0 Å². The first-order chi connectivity index (χ1) is 13.5. The number of aliphatic imine (C=N–C) groups is 1. The Morgan fingerprint density at radius 1 is 1.07 bits per heavy atom. The van der Waals surface area contributed by atoms with Gasteiger partial charge >= 0.3 is 0 Å². The third-order valence-electron chi connectivity index (χ3n) is 3.85. The summed E-state index contributed by atoms with van der Waals surface area (Å²) in [5.74, 6) is -3.45. The van der Waals surface area contributed by atoms with Crippen molar-refractivity contribution in [2.75, 3.05) is 25.7 Å². The zero-order chi connectivity index (χ0) is 20.1. The summed E-state index contributed by atoms with van der Waals surface area (Å²) in [6.07, 6.45) is 0. The van der Waals surface area contributed by atoms with Gasteiger partial charge in [0.05, 0.1) is 12.2 Å². The molecule has 0 radical (unpaired) electrons. The zero-order valence-electron chi connectivity index (χ0n) is 15.2. The molecule has 3 N–H and O–H groups in total. The van der Waals surface area contributed by atoms with E-state index in [0.29, 0.717) is 24.0 Å². The number of benzene rings is 2. The van der Waals surface area contributed by atoms with E-state index in [9.17, 15) is 18.0 Å². The van der Waals surface area contributed by atoms with Crippen LogP contribution in [0, 0.1) is 17.5 Å². The average Bonchev–Trinajstić information content (AvgIpc) is 3.16. The number of nitrogens with one attached hydrogen (secondary N) is 3. The summed E-state index contributed by atoms with van der Waals surface area (Å²) in [4.78, 5) is 15.9. The standard InChI is InChI=1S/C18H17F3N4O3.HI/c1-22-18(23-7-10-2-5-13-14(6-10)28-9-27-13)24-8-15(26)25-12-4-3-11(19)16(20)17(12)21;/h2-6H,7-9H2,1H3,(H,25,26)(H2,22,23,24);1H. The van der Waals surface area contributed by atoms with Gasteiger partial charge in [-0.2, -0.15) is 0 Å². The van der Waals surface area contributed by atoms with Gasteiger partial charge in [-0.1, -0.05) is 6.07 Å². The van der Waals surface area contributed by atoms with Crippen LogP contribution >= 0.6 is 24.0 Å². The molecule has 156 valence electrons. The molecule has 1 aliphatic heterocycles. The molecule has 0 aliphatic carbocycles. The van der Waals surface area contributed by atoms with Crippen LogP contribution in [0.2, 0.25) is 0 Å². The molecule has 0 fully saturated rings. The highest BCUT2D eigenvalue weighted by Gasteiger charge is 2.16. The number of hydrogen-bond donors (Lipinski definition) is 3. The fourth-order valence-corrected chi connectivity index (χ4v) is 2.44. The predicted octanol–water partition coefficient (Wildman–Crippen LogP) is 2.75. The highest BCUT2D eigenvalue weighted by Crippen LogP contribution is 2.32. The van der Waals surface area contributed by atoms with Crippen LogP contribution < -0.4 is 25.4 Å². The summed E-state index contributed by atoms with van der Waals surface area (Å²) >= 11 is 0. The van der Waals surface area contributed by atoms with Crippen molar-refractivity contribution in [3.63, 3.8) is 0 Å². The molecule has 2 aromatic rings. The van der Waals surface area contributed by atoms with E-state index >= 15 is 0 Å². The van der Waals surface area contributed by atoms with Gasteiger partial charge in [-0.3, -0.25) is 9.79 Å². The predicted molar refractivity (Wildman–Crippen MR) is 111 cm³/mol. The zero-order valence-corrected chi connectivity index (χ0v) is 17.6. The number of rotatable bonds is 5. The van der Waals surface area contributed by atoms with Gasteiger partial charge in [0.15, 0.2) is 34.9 Å². The van der Waals surface area contributed by atoms with Crippen molar-refractivity contribution in [3.8, 4) is 11.5 Å². The molecule has 0 bridgehead atoms. The summed E-state index contributed by atoms with van der Waals surface area (Å²) in [6.45, 7) is 0.318. The molecule has 3 rings (SSSR count). The van der Waals surface area contributed by atoms with Crippen LogP contribution in [0.3, 0.4) is 0 Å². The van der Waals surface area contributed by atoms with Crippen LogP contribution in [-0.2, 0) is 11.3 Å². The molecular formula is C18H18F3IN4O3. The van der Waals surface area contributed by atoms with Gasteiger partial charge < -0.3 is 25.4 Å². The van der Waals surface area contributed by atoms with E-state index in [0.717, 1.165) is 17.7 Å². The molecule has 0 saturated heterocycles. The first-order valence-corrected chi connectivity index (χ1v) is 8.24. The Bertz CT molecular complexity index is 927. The smallest absolute Gasteiger partial charge is 0.243 e. The highest BCUT2D eigenvalue weighted by molar-refractivity contribution is 14.0. The van der Waals surface area contributed by atoms with Crippen molar-refractivity contribution < 1.29 is 27.4 Å². The number of ether oxygens (including phenoxy) is 2. The third kappa shape index (κ3) is 5.65. The van der Waals surface area contributed by atoms with Crippen molar-refractivity contribution in [1.82, 2.24) is 10.6 Å². The number of anilines is 1. The van der Waals surface area contributed by atoms with Crippen LogP contribution in [0.4, 0.5) is 18.9 Å². The van der Waals surface area contributed by atoms with E-state index in [1.54, 1.807) is 6.07 Å². The highest BCUT2D eigenvalue weighted by atomic mass is 127. The number of halogens is 4. The summed E-state index contributed by atoms with van der Waals surface area (Å²) in [6, 6.07) is 7.14. The van der Waals surface area contributed by atoms with Crippen LogP contribution in [-0.4, -0.2) is 32.3 Å². The van der Waals surface area contributed by atoms with E-state index in [4.69, 9.17) is 9.47 Å². The Kier molecular flexibility index (Phi) is 7.93. The molecule has 0 atom stereocenters. The van der Waals surface area contributed by atoms with Gasteiger partial charge in [-0.25, -0.2) is 13.2 Å². The van der Waals surface area contributed by atoms with Gasteiger partial charge in [-0.05, 0) is 29.8 Å². The Balaban J connectivity index is 0.00000300. The van der Waals surface area contributed by atoms with Crippen LogP contribution in [0.15, 0.2) is 35.3 Å².